The number of aldehydes is 1. The Balaban J connectivity index is -0.00000105. The number of carboxylic acid groups (broad SMARTS) is 1. The predicted molar refractivity (Wildman–Crippen MR) is 347 cm³/mol. The number of hydrogen-bond acceptors (Lipinski definition) is 5. The van der Waals surface area contributed by atoms with Gasteiger partial charge in [-0.2, -0.15) is 0 Å². The molecule has 1 N–H and O–H groups in total. The van der Waals surface area contributed by atoms with Crippen LogP contribution in [0.4, 0.5) is 0 Å². The van der Waals surface area contributed by atoms with Crippen molar-refractivity contribution in [1.82, 2.24) is 0 Å². The summed E-state index contributed by atoms with van der Waals surface area (Å²) >= 11 is 0. The van der Waals surface area contributed by atoms with E-state index >= 15 is 0 Å². The lowest BCUT2D eigenvalue weighted by atomic mass is 10.0. The van der Waals surface area contributed by atoms with Crippen LogP contribution in [-0.2, 0) is 22.9 Å². The fourth-order valence-electron chi connectivity index (χ4n) is 8.99. The summed E-state index contributed by atoms with van der Waals surface area (Å²) < 4.78 is 20.2. The van der Waals surface area contributed by atoms with Gasteiger partial charge in [-0.25, -0.2) is 0 Å². The summed E-state index contributed by atoms with van der Waals surface area (Å²) in [7, 11) is -5.04. The first-order valence-corrected chi connectivity index (χ1v) is 41.6. The molecule has 0 heterocycles. The van der Waals surface area contributed by atoms with Gasteiger partial charge in [0.1, 0.15) is 6.29 Å². The Kier molecular flexibility index (Phi) is 50.3. The van der Waals surface area contributed by atoms with Crippen LogP contribution in [0.25, 0.3) is 0 Å². The van der Waals surface area contributed by atoms with Crippen LogP contribution >= 0.6 is 0 Å². The number of rotatable bonds is 48. The molecule has 0 saturated heterocycles. The third kappa shape index (κ3) is 47.1. The number of carbonyl (C=O) groups is 2. The van der Waals surface area contributed by atoms with Gasteiger partial charge in [0.15, 0.2) is 25.0 Å². The lowest BCUT2D eigenvalue weighted by Crippen LogP contribution is -2.44. The fraction of sp³-hybridized carbons (Fsp3) is 0.940. The highest BCUT2D eigenvalue weighted by Crippen LogP contribution is 2.41. The molecule has 0 unspecified atom stereocenters. The smallest absolute Gasteiger partial charge is 0.303 e. The van der Waals surface area contributed by atoms with Gasteiger partial charge >= 0.3 is 5.97 Å². The molecular formula is C67H140O6Si3. The minimum atomic E-state index is -1.72. The maximum absolute atomic E-state index is 10.6. The van der Waals surface area contributed by atoms with E-state index in [1.807, 2.05) is 6.08 Å². The second-order valence-corrected chi connectivity index (χ2v) is 42.2. The first kappa shape index (κ1) is 79.6. The molecule has 0 radical (unpaired) electrons. The predicted octanol–water partition coefficient (Wildman–Crippen LogP) is 23.9. The number of allylic oxidation sites excluding steroid dienone is 1. The van der Waals surface area contributed by atoms with E-state index in [1.54, 1.807) is 0 Å². The fourth-order valence-corrected chi connectivity index (χ4v) is 13.3. The van der Waals surface area contributed by atoms with Gasteiger partial charge in [0.2, 0.25) is 0 Å². The lowest BCUT2D eigenvalue weighted by molar-refractivity contribution is -0.137. The van der Waals surface area contributed by atoms with E-state index in [1.165, 1.54) is 199 Å². The van der Waals surface area contributed by atoms with E-state index in [0.29, 0.717) is 29.8 Å². The topological polar surface area (TPSA) is 82.1 Å². The Morgan fingerprint density at radius 1 is 0.395 bits per heavy atom. The van der Waals surface area contributed by atoms with Crippen LogP contribution in [0.1, 0.15) is 333 Å². The number of carboxylic acids is 1. The molecule has 0 aromatic rings. The van der Waals surface area contributed by atoms with Gasteiger partial charge in [0.05, 0.1) is 0 Å². The van der Waals surface area contributed by atoms with E-state index < -0.39 is 30.9 Å². The molecule has 0 spiro atoms. The van der Waals surface area contributed by atoms with Gasteiger partial charge in [-0.15, -0.1) is 6.58 Å². The highest BCUT2D eigenvalue weighted by molar-refractivity contribution is 6.75. The van der Waals surface area contributed by atoms with Crippen LogP contribution in [-0.4, -0.2) is 60.6 Å². The molecule has 0 bridgehead atoms. The Labute approximate surface area is 481 Å². The van der Waals surface area contributed by atoms with Gasteiger partial charge in [-0.1, -0.05) is 263 Å². The zero-order chi connectivity index (χ0) is 58.4. The summed E-state index contributed by atoms with van der Waals surface area (Å²) in [4.78, 5) is 21.0. The summed E-state index contributed by atoms with van der Waals surface area (Å²) in [6.07, 6.45) is 52.5. The minimum Gasteiger partial charge on any atom is -0.481 e. The summed E-state index contributed by atoms with van der Waals surface area (Å²) in [5, 5.41) is 9.58. The van der Waals surface area contributed by atoms with Crippen molar-refractivity contribution in [2.75, 3.05) is 0 Å². The minimum absolute atomic E-state index is 0.258. The monoisotopic (exact) mass is 1120 g/mol. The highest BCUT2D eigenvalue weighted by atomic mass is 28.4. The number of unbranched alkanes of at least 4 members (excludes halogenated alkanes) is 26. The van der Waals surface area contributed by atoms with Gasteiger partial charge < -0.3 is 23.2 Å². The molecule has 0 aromatic heterocycles. The Hall–Kier alpha value is -0.589. The van der Waals surface area contributed by atoms with E-state index in [0.717, 1.165) is 51.2 Å². The largest absolute Gasteiger partial charge is 0.481 e. The molecule has 0 aliphatic carbocycles. The second-order valence-electron chi connectivity index (χ2n) is 28.0. The number of carbonyl (C=O) groups excluding carboxylic acids is 1. The standard InChI is InChI=1S/C23H48OSi.C22H46O3Si.C22H46O2Si/c1-8-10-12-14-16-18-20-22(21-19-17-15-13-11-9-2)24-25(6,7)23(3,4)5;1-7-8-9-10-11-14-17-20(25-26(5,6)22(2,3)4)18-15-12-13-16-19-21(23)24;1-7-8-9-10-12-15-18-21(19-16-13-11-14-17-20-23)24-25(5,6)22(2,3)4/h8,22H,1,9-21H2,2-7H3;20H,7-19H2,1-6H3,(H,23,24);20-21H,7-19H2,1-6H3/t22-;20-;21-/m100/s1. The molecule has 0 saturated carbocycles. The normalized spacial score (nSPS) is 13.8. The average molecular weight is 1130 g/mol. The van der Waals surface area contributed by atoms with Crippen molar-refractivity contribution in [3.05, 3.63) is 12.7 Å². The summed E-state index contributed by atoms with van der Waals surface area (Å²) in [5.41, 5.74) is 0. The van der Waals surface area contributed by atoms with Gasteiger partial charge in [0, 0.05) is 31.2 Å². The summed E-state index contributed by atoms with van der Waals surface area (Å²) in [6.45, 7) is 45.9. The number of hydrogen-bond donors (Lipinski definition) is 1. The van der Waals surface area contributed by atoms with E-state index in [4.69, 9.17) is 18.4 Å². The molecule has 3 atom stereocenters. The molecule has 0 aromatic carbocycles. The molecule has 76 heavy (non-hydrogen) atoms. The Morgan fingerprint density at radius 3 is 0.842 bits per heavy atom. The average Bonchev–Trinajstić information content (AvgIpc) is 3.31. The zero-order valence-corrected chi connectivity index (χ0v) is 58.2. The molecule has 456 valence electrons. The van der Waals surface area contributed by atoms with Crippen molar-refractivity contribution < 1.29 is 28.0 Å². The molecule has 0 rings (SSSR count). The van der Waals surface area contributed by atoms with Crippen LogP contribution in [0.5, 0.6) is 0 Å². The molecular weight excluding hydrogens is 985 g/mol. The molecule has 9 heteroatoms. The van der Waals surface area contributed by atoms with Crippen molar-refractivity contribution in [3.63, 3.8) is 0 Å². The Bertz CT molecular complexity index is 1250. The van der Waals surface area contributed by atoms with Crippen LogP contribution in [0.2, 0.25) is 54.4 Å². The molecule has 0 aliphatic rings. The van der Waals surface area contributed by atoms with Crippen molar-refractivity contribution in [1.29, 1.82) is 0 Å². The van der Waals surface area contributed by atoms with Gasteiger partial charge in [-0.05, 0) is 119 Å². The quantitative estimate of drug-likeness (QED) is 0.0283. The highest BCUT2D eigenvalue weighted by Gasteiger charge is 2.41. The van der Waals surface area contributed by atoms with Crippen LogP contribution in [0.3, 0.4) is 0 Å². The van der Waals surface area contributed by atoms with Crippen LogP contribution in [0.15, 0.2) is 12.7 Å². The number of aliphatic carboxylic acids is 1. The van der Waals surface area contributed by atoms with Crippen LogP contribution in [0, 0.1) is 0 Å². The van der Waals surface area contributed by atoms with Gasteiger partial charge in [-0.3, -0.25) is 4.79 Å². The Morgan fingerprint density at radius 2 is 0.618 bits per heavy atom. The van der Waals surface area contributed by atoms with Crippen molar-refractivity contribution in [3.8, 4) is 0 Å². The zero-order valence-electron chi connectivity index (χ0n) is 55.2. The molecule has 6 nitrogen and oxygen atoms in total. The maximum atomic E-state index is 10.6. The third-order valence-electron chi connectivity index (χ3n) is 17.4. The third-order valence-corrected chi connectivity index (χ3v) is 31.0. The van der Waals surface area contributed by atoms with E-state index in [-0.39, 0.29) is 10.1 Å². The molecule has 0 amide bonds. The van der Waals surface area contributed by atoms with E-state index in [2.05, 4.69) is 129 Å². The SMILES string of the molecule is C=CCCCCCC[C@H](CCCCCCCC)O[Si](C)(C)C(C)(C)C.CCCCCCCC[C@@H](CCCCCCC(=O)O)O[Si](C)(C)C(C)(C)C.CCCCCCCC[C@@H](CCCCCCC=O)O[Si](C)(C)C(C)(C)C. The summed E-state index contributed by atoms with van der Waals surface area (Å²) in [5.74, 6) is -0.674. The lowest BCUT2D eigenvalue weighted by Gasteiger charge is -2.39. The van der Waals surface area contributed by atoms with Gasteiger partial charge in [0.25, 0.3) is 0 Å². The molecule has 0 fully saturated rings. The van der Waals surface area contributed by atoms with Crippen molar-refractivity contribution >= 4 is 37.2 Å². The first-order chi connectivity index (χ1) is 35.6. The van der Waals surface area contributed by atoms with E-state index in [9.17, 15) is 9.59 Å². The summed E-state index contributed by atoms with van der Waals surface area (Å²) in [6, 6.07) is 0. The van der Waals surface area contributed by atoms with Crippen LogP contribution < -0.4 is 0 Å². The second kappa shape index (κ2) is 48.0. The van der Waals surface area contributed by atoms with Crippen molar-refractivity contribution in [2.24, 2.45) is 0 Å². The maximum Gasteiger partial charge on any atom is 0.303 e. The van der Waals surface area contributed by atoms with Crippen molar-refractivity contribution in [2.45, 2.75) is 406 Å². The first-order valence-electron chi connectivity index (χ1n) is 32.9. The molecule has 0 aliphatic heterocycles.